The molecule has 0 aliphatic heterocycles. The fourth-order valence-corrected chi connectivity index (χ4v) is 2.72. The first-order valence-corrected chi connectivity index (χ1v) is 8.11. The zero-order valence-electron chi connectivity index (χ0n) is 15.3. The third-order valence-electron chi connectivity index (χ3n) is 4.05. The van der Waals surface area contributed by atoms with Gasteiger partial charge in [0.05, 0.1) is 18.4 Å². The Kier molecular flexibility index (Phi) is 5.82. The molecular weight excluding hydrogens is 336 g/mol. The van der Waals surface area contributed by atoms with Crippen LogP contribution in [0, 0.1) is 20.8 Å². The van der Waals surface area contributed by atoms with Gasteiger partial charge in [-0.3, -0.25) is 14.4 Å². The topological polar surface area (TPSA) is 99.9 Å². The second-order valence-corrected chi connectivity index (χ2v) is 6.26. The Labute approximate surface area is 151 Å². The first-order chi connectivity index (χ1) is 12.2. The van der Waals surface area contributed by atoms with Crippen LogP contribution in [0.3, 0.4) is 0 Å². The second kappa shape index (κ2) is 7.86. The predicted molar refractivity (Wildman–Crippen MR) is 96.3 cm³/mol. The maximum Gasteiger partial charge on any atom is 0.311 e. The molecule has 0 saturated carbocycles. The summed E-state index contributed by atoms with van der Waals surface area (Å²) in [6, 6.07) is 5.69. The molecule has 2 rings (SSSR count). The van der Waals surface area contributed by atoms with Gasteiger partial charge in [-0.1, -0.05) is 18.2 Å². The third kappa shape index (κ3) is 4.30. The normalized spacial score (nSPS) is 10.5. The van der Waals surface area contributed by atoms with E-state index in [0.717, 1.165) is 16.8 Å². The van der Waals surface area contributed by atoms with Gasteiger partial charge >= 0.3 is 5.97 Å². The zero-order valence-corrected chi connectivity index (χ0v) is 15.3. The molecule has 26 heavy (non-hydrogen) atoms. The maximum atomic E-state index is 12.6. The number of benzene rings is 1. The van der Waals surface area contributed by atoms with Gasteiger partial charge in [-0.15, -0.1) is 0 Å². The number of hydrogen-bond donors (Lipinski definition) is 2. The van der Waals surface area contributed by atoms with Crippen molar-refractivity contribution in [3.63, 3.8) is 0 Å². The zero-order chi connectivity index (χ0) is 19.4. The standard InChI is InChI=1S/C19H22N2O5/c1-11-6-5-7-12(2)18(11)20-15(22)9-21(4)19(25)17-13(3)10-26-14(17)8-16(23)24/h5-7,10H,8-9H2,1-4H3,(H,20,22)(H,23,24). The lowest BCUT2D eigenvalue weighted by atomic mass is 10.1. The number of furan rings is 1. The van der Waals surface area contributed by atoms with Gasteiger partial charge in [-0.05, 0) is 31.9 Å². The van der Waals surface area contributed by atoms with Gasteiger partial charge in [0, 0.05) is 18.3 Å². The quantitative estimate of drug-likeness (QED) is 0.827. The molecule has 2 amide bonds. The number of carbonyl (C=O) groups is 3. The fourth-order valence-electron chi connectivity index (χ4n) is 2.72. The van der Waals surface area contributed by atoms with E-state index >= 15 is 0 Å². The minimum atomic E-state index is -1.09. The lowest BCUT2D eigenvalue weighted by Gasteiger charge is -2.18. The number of para-hydroxylation sites is 1. The highest BCUT2D eigenvalue weighted by molar-refractivity contribution is 6.01. The van der Waals surface area contributed by atoms with Crippen LogP contribution in [0.1, 0.15) is 32.8 Å². The molecule has 0 aliphatic rings. The predicted octanol–water partition coefficient (Wildman–Crippen LogP) is 2.54. The Bertz CT molecular complexity index is 833. The maximum absolute atomic E-state index is 12.6. The van der Waals surface area contributed by atoms with Gasteiger partial charge in [0.25, 0.3) is 5.91 Å². The molecule has 0 fully saturated rings. The lowest BCUT2D eigenvalue weighted by Crippen LogP contribution is -2.35. The van der Waals surface area contributed by atoms with Crippen molar-refractivity contribution in [1.29, 1.82) is 0 Å². The van der Waals surface area contributed by atoms with E-state index in [1.54, 1.807) is 6.92 Å². The molecule has 0 spiro atoms. The van der Waals surface area contributed by atoms with Crippen molar-refractivity contribution in [3.05, 3.63) is 52.5 Å². The Morgan fingerprint density at radius 1 is 1.12 bits per heavy atom. The SMILES string of the molecule is Cc1cccc(C)c1NC(=O)CN(C)C(=O)c1c(C)coc1CC(=O)O. The summed E-state index contributed by atoms with van der Waals surface area (Å²) in [5.74, 6) is -1.80. The summed E-state index contributed by atoms with van der Waals surface area (Å²) in [6.07, 6.45) is 0.952. The molecule has 1 aromatic heterocycles. The number of carboxylic acid groups (broad SMARTS) is 1. The Morgan fingerprint density at radius 2 is 1.73 bits per heavy atom. The van der Waals surface area contributed by atoms with E-state index in [1.807, 2.05) is 32.0 Å². The van der Waals surface area contributed by atoms with Crippen molar-refractivity contribution >= 4 is 23.5 Å². The van der Waals surface area contributed by atoms with Crippen molar-refractivity contribution < 1.29 is 23.9 Å². The molecular formula is C19H22N2O5. The van der Waals surface area contributed by atoms with Crippen LogP contribution >= 0.6 is 0 Å². The Hall–Kier alpha value is -3.09. The van der Waals surface area contributed by atoms with Crippen molar-refractivity contribution in [2.45, 2.75) is 27.2 Å². The van der Waals surface area contributed by atoms with Crippen LogP contribution in [0.15, 0.2) is 28.9 Å². The molecule has 0 radical (unpaired) electrons. The Morgan fingerprint density at radius 3 is 2.31 bits per heavy atom. The first-order valence-electron chi connectivity index (χ1n) is 8.11. The average Bonchev–Trinajstić information content (AvgIpc) is 2.90. The van der Waals surface area contributed by atoms with Crippen molar-refractivity contribution in [2.24, 2.45) is 0 Å². The van der Waals surface area contributed by atoms with Gasteiger partial charge in [0.2, 0.25) is 5.91 Å². The summed E-state index contributed by atoms with van der Waals surface area (Å²) >= 11 is 0. The highest BCUT2D eigenvalue weighted by atomic mass is 16.4. The van der Waals surface area contributed by atoms with Crippen molar-refractivity contribution in [3.8, 4) is 0 Å². The number of rotatable bonds is 6. The van der Waals surface area contributed by atoms with E-state index in [1.165, 1.54) is 18.2 Å². The number of carboxylic acids is 1. The summed E-state index contributed by atoms with van der Waals surface area (Å²) in [5.41, 5.74) is 3.32. The second-order valence-electron chi connectivity index (χ2n) is 6.26. The number of likely N-dealkylation sites (N-methyl/N-ethyl adjacent to an activating group) is 1. The summed E-state index contributed by atoms with van der Waals surface area (Å²) in [5, 5.41) is 11.8. The molecule has 0 saturated heterocycles. The molecule has 0 aliphatic carbocycles. The third-order valence-corrected chi connectivity index (χ3v) is 4.05. The van der Waals surface area contributed by atoms with E-state index in [-0.39, 0.29) is 23.8 Å². The highest BCUT2D eigenvalue weighted by Crippen LogP contribution is 2.21. The number of nitrogens with one attached hydrogen (secondary N) is 1. The molecule has 0 unspecified atom stereocenters. The number of hydrogen-bond acceptors (Lipinski definition) is 4. The van der Waals surface area contributed by atoms with E-state index in [0.29, 0.717) is 5.56 Å². The van der Waals surface area contributed by atoms with Gasteiger partial charge in [-0.2, -0.15) is 0 Å². The van der Waals surface area contributed by atoms with Crippen molar-refractivity contribution in [2.75, 3.05) is 18.9 Å². The summed E-state index contributed by atoms with van der Waals surface area (Å²) in [4.78, 5) is 37.1. The van der Waals surface area contributed by atoms with Crippen LogP contribution in [0.25, 0.3) is 0 Å². The largest absolute Gasteiger partial charge is 0.481 e. The monoisotopic (exact) mass is 358 g/mol. The van der Waals surface area contributed by atoms with E-state index in [4.69, 9.17) is 9.52 Å². The van der Waals surface area contributed by atoms with Crippen molar-refractivity contribution in [1.82, 2.24) is 4.90 Å². The first kappa shape index (κ1) is 19.2. The van der Waals surface area contributed by atoms with Gasteiger partial charge in [-0.25, -0.2) is 0 Å². The minimum Gasteiger partial charge on any atom is -0.481 e. The highest BCUT2D eigenvalue weighted by Gasteiger charge is 2.24. The lowest BCUT2D eigenvalue weighted by molar-refractivity contribution is -0.136. The fraction of sp³-hybridized carbons (Fsp3) is 0.316. The van der Waals surface area contributed by atoms with Crippen LogP contribution in [0.2, 0.25) is 0 Å². The van der Waals surface area contributed by atoms with Gasteiger partial charge in [0.1, 0.15) is 12.2 Å². The molecule has 138 valence electrons. The summed E-state index contributed by atoms with van der Waals surface area (Å²) < 4.78 is 5.18. The number of nitrogens with zero attached hydrogens (tertiary/aromatic N) is 1. The molecule has 1 heterocycles. The molecule has 7 heteroatoms. The van der Waals surface area contributed by atoms with Crippen LogP contribution in [-0.2, 0) is 16.0 Å². The van der Waals surface area contributed by atoms with E-state index < -0.39 is 18.3 Å². The van der Waals surface area contributed by atoms with Gasteiger partial charge < -0.3 is 19.7 Å². The minimum absolute atomic E-state index is 0.0852. The van der Waals surface area contributed by atoms with Crippen LogP contribution in [0.4, 0.5) is 5.69 Å². The molecule has 2 N–H and O–H groups in total. The molecule has 2 aromatic rings. The number of amides is 2. The number of carbonyl (C=O) groups excluding carboxylic acids is 2. The smallest absolute Gasteiger partial charge is 0.311 e. The molecule has 7 nitrogen and oxygen atoms in total. The van der Waals surface area contributed by atoms with E-state index in [9.17, 15) is 14.4 Å². The Balaban J connectivity index is 2.11. The van der Waals surface area contributed by atoms with Crippen LogP contribution in [0.5, 0.6) is 0 Å². The number of aliphatic carboxylic acids is 1. The van der Waals surface area contributed by atoms with E-state index in [2.05, 4.69) is 5.32 Å². The average molecular weight is 358 g/mol. The van der Waals surface area contributed by atoms with Gasteiger partial charge in [0.15, 0.2) is 0 Å². The molecule has 0 bridgehead atoms. The summed E-state index contributed by atoms with van der Waals surface area (Å²) in [6.45, 7) is 5.28. The molecule has 0 atom stereocenters. The molecule has 1 aromatic carbocycles. The summed E-state index contributed by atoms with van der Waals surface area (Å²) in [7, 11) is 1.49. The number of aryl methyl sites for hydroxylation is 3. The van der Waals surface area contributed by atoms with Crippen LogP contribution in [-0.4, -0.2) is 41.4 Å². The van der Waals surface area contributed by atoms with Crippen LogP contribution < -0.4 is 5.32 Å². The number of anilines is 1.